The van der Waals surface area contributed by atoms with Crippen molar-refractivity contribution < 1.29 is 19.4 Å². The fraction of sp³-hybridized carbons (Fsp3) is 0.304. The number of nitrogens with zero attached hydrogens (tertiary/aromatic N) is 3. The minimum Gasteiger partial charge on any atom is -0.490 e. The number of carboxylic acid groups (broad SMARTS) is 1. The van der Waals surface area contributed by atoms with Gasteiger partial charge in [-0.15, -0.1) is 0 Å². The minimum atomic E-state index is -1.09. The Bertz CT molecular complexity index is 1290. The molecule has 0 aliphatic carbocycles. The van der Waals surface area contributed by atoms with E-state index in [0.29, 0.717) is 39.1 Å². The van der Waals surface area contributed by atoms with Crippen LogP contribution < -0.4 is 15.0 Å². The van der Waals surface area contributed by atoms with Crippen molar-refractivity contribution in [2.75, 3.05) is 6.61 Å². The summed E-state index contributed by atoms with van der Waals surface area (Å²) >= 11 is 6.86. The van der Waals surface area contributed by atoms with Crippen molar-refractivity contribution in [2.45, 2.75) is 39.7 Å². The first kappa shape index (κ1) is 24.9. The third kappa shape index (κ3) is 5.62. The zero-order chi connectivity index (χ0) is 24.3. The average molecular weight is 581 g/mol. The van der Waals surface area contributed by atoms with E-state index in [-0.39, 0.29) is 17.2 Å². The van der Waals surface area contributed by atoms with Crippen LogP contribution in [0, 0.1) is 0 Å². The topological polar surface area (TPSA) is 103 Å². The number of halogens is 2. The van der Waals surface area contributed by atoms with E-state index in [9.17, 15) is 9.59 Å². The Balaban J connectivity index is 2.10. The van der Waals surface area contributed by atoms with Gasteiger partial charge >= 0.3 is 5.97 Å². The fourth-order valence-electron chi connectivity index (χ4n) is 3.02. The molecule has 0 bridgehead atoms. The number of aromatic nitrogens is 2. The van der Waals surface area contributed by atoms with Crippen molar-refractivity contribution in [1.82, 2.24) is 9.66 Å². The van der Waals surface area contributed by atoms with Gasteiger partial charge in [0.05, 0.1) is 23.7 Å². The number of rotatable bonds is 8. The second-order valence-electron chi connectivity index (χ2n) is 7.50. The molecule has 0 saturated heterocycles. The standard InChI is InChI=1S/C23H23Br2N3O5/c1-5-32-19-8-14(17(25)10-20(19)33-13(4)23(30)31)11-26-28-21(12(2)3)27-18-7-6-15(24)9-16(18)22(28)29/h6-13H,5H2,1-4H3,(H,30,31)/t13-/m0/s1. The van der Waals surface area contributed by atoms with Crippen molar-refractivity contribution in [3.8, 4) is 11.5 Å². The molecule has 1 N–H and O–H groups in total. The first-order valence-corrected chi connectivity index (χ1v) is 11.8. The normalized spacial score (nSPS) is 12.5. The van der Waals surface area contributed by atoms with Gasteiger partial charge in [-0.3, -0.25) is 4.79 Å². The van der Waals surface area contributed by atoms with Gasteiger partial charge in [-0.1, -0.05) is 29.8 Å². The number of ether oxygens (including phenoxy) is 2. The van der Waals surface area contributed by atoms with Crippen LogP contribution in [0.25, 0.3) is 10.9 Å². The van der Waals surface area contributed by atoms with Crippen molar-refractivity contribution in [3.63, 3.8) is 0 Å². The van der Waals surface area contributed by atoms with E-state index in [0.717, 1.165) is 4.47 Å². The molecule has 0 aliphatic rings. The van der Waals surface area contributed by atoms with Crippen LogP contribution in [0.5, 0.6) is 11.5 Å². The van der Waals surface area contributed by atoms with Gasteiger partial charge in [0.25, 0.3) is 5.56 Å². The van der Waals surface area contributed by atoms with E-state index in [2.05, 4.69) is 41.9 Å². The van der Waals surface area contributed by atoms with E-state index in [1.807, 2.05) is 26.8 Å². The first-order valence-electron chi connectivity index (χ1n) is 10.2. The van der Waals surface area contributed by atoms with E-state index in [1.165, 1.54) is 17.8 Å². The maximum atomic E-state index is 13.2. The molecule has 0 aliphatic heterocycles. The first-order chi connectivity index (χ1) is 15.6. The molecule has 0 unspecified atom stereocenters. The van der Waals surface area contributed by atoms with Gasteiger partial charge in [0.15, 0.2) is 17.6 Å². The van der Waals surface area contributed by atoms with Gasteiger partial charge in [-0.05, 0) is 60.1 Å². The maximum Gasteiger partial charge on any atom is 0.344 e. The van der Waals surface area contributed by atoms with Gasteiger partial charge in [0.2, 0.25) is 0 Å². The van der Waals surface area contributed by atoms with Crippen LogP contribution in [0.2, 0.25) is 0 Å². The SMILES string of the molecule is CCOc1cc(C=Nn2c(C(C)C)nc3ccc(Br)cc3c2=O)c(Br)cc1O[C@@H](C)C(=O)O. The third-order valence-electron chi connectivity index (χ3n) is 4.68. The number of hydrogen-bond acceptors (Lipinski definition) is 6. The monoisotopic (exact) mass is 579 g/mol. The van der Waals surface area contributed by atoms with Gasteiger partial charge in [-0.25, -0.2) is 9.78 Å². The predicted octanol–water partition coefficient (Wildman–Crippen LogP) is 5.18. The highest BCUT2D eigenvalue weighted by Gasteiger charge is 2.18. The Morgan fingerprint density at radius 1 is 1.21 bits per heavy atom. The molecule has 33 heavy (non-hydrogen) atoms. The van der Waals surface area contributed by atoms with Crippen LogP contribution in [0.1, 0.15) is 45.0 Å². The predicted molar refractivity (Wildman–Crippen MR) is 134 cm³/mol. The molecule has 1 heterocycles. The van der Waals surface area contributed by atoms with Crippen LogP contribution in [0.15, 0.2) is 49.2 Å². The smallest absolute Gasteiger partial charge is 0.344 e. The molecule has 2 aromatic carbocycles. The number of aliphatic carboxylic acids is 1. The Labute approximate surface area is 207 Å². The van der Waals surface area contributed by atoms with Crippen LogP contribution >= 0.6 is 31.9 Å². The lowest BCUT2D eigenvalue weighted by molar-refractivity contribution is -0.144. The maximum absolute atomic E-state index is 13.2. The zero-order valence-corrected chi connectivity index (χ0v) is 21.7. The Kier molecular flexibility index (Phi) is 7.91. The minimum absolute atomic E-state index is 0.0430. The van der Waals surface area contributed by atoms with Crippen LogP contribution in [-0.4, -0.2) is 39.7 Å². The number of carbonyl (C=O) groups is 1. The molecule has 10 heteroatoms. The highest BCUT2D eigenvalue weighted by atomic mass is 79.9. The number of fused-ring (bicyclic) bond motifs is 1. The molecule has 1 aromatic heterocycles. The molecule has 174 valence electrons. The molecule has 3 rings (SSSR count). The van der Waals surface area contributed by atoms with Crippen molar-refractivity contribution in [1.29, 1.82) is 0 Å². The lowest BCUT2D eigenvalue weighted by atomic mass is 10.2. The van der Waals surface area contributed by atoms with E-state index in [4.69, 9.17) is 14.6 Å². The van der Waals surface area contributed by atoms with E-state index in [1.54, 1.807) is 24.3 Å². The Morgan fingerprint density at radius 3 is 2.58 bits per heavy atom. The molecular weight excluding hydrogens is 558 g/mol. The lowest BCUT2D eigenvalue weighted by Gasteiger charge is -2.16. The largest absolute Gasteiger partial charge is 0.490 e. The summed E-state index contributed by atoms with van der Waals surface area (Å²) in [4.78, 5) is 29.0. The summed E-state index contributed by atoms with van der Waals surface area (Å²) in [5.74, 6) is 0.0524. The second-order valence-corrected chi connectivity index (χ2v) is 9.27. The summed E-state index contributed by atoms with van der Waals surface area (Å²) in [5, 5.41) is 14.0. The zero-order valence-electron chi connectivity index (χ0n) is 18.5. The molecule has 0 radical (unpaired) electrons. The Hall–Kier alpha value is -2.72. The Morgan fingerprint density at radius 2 is 1.94 bits per heavy atom. The summed E-state index contributed by atoms with van der Waals surface area (Å²) in [5.41, 5.74) is 0.939. The fourth-order valence-corrected chi connectivity index (χ4v) is 3.81. The third-order valence-corrected chi connectivity index (χ3v) is 5.86. The van der Waals surface area contributed by atoms with E-state index < -0.39 is 12.1 Å². The summed E-state index contributed by atoms with van der Waals surface area (Å²) in [6.45, 7) is 7.49. The highest BCUT2D eigenvalue weighted by molar-refractivity contribution is 9.10. The lowest BCUT2D eigenvalue weighted by Crippen LogP contribution is -2.23. The summed E-state index contributed by atoms with van der Waals surface area (Å²) < 4.78 is 13.8. The van der Waals surface area contributed by atoms with Gasteiger partial charge < -0.3 is 14.6 Å². The highest BCUT2D eigenvalue weighted by Crippen LogP contribution is 2.34. The van der Waals surface area contributed by atoms with Gasteiger partial charge in [0.1, 0.15) is 5.82 Å². The van der Waals surface area contributed by atoms with E-state index >= 15 is 0 Å². The average Bonchev–Trinajstić information content (AvgIpc) is 2.75. The molecule has 0 saturated carbocycles. The van der Waals surface area contributed by atoms with Crippen molar-refractivity contribution in [3.05, 3.63) is 61.0 Å². The molecule has 3 aromatic rings. The summed E-state index contributed by atoms with van der Waals surface area (Å²) in [7, 11) is 0. The summed E-state index contributed by atoms with van der Waals surface area (Å²) in [6.07, 6.45) is 0.473. The van der Waals surface area contributed by atoms with Gasteiger partial charge in [0, 0.05) is 20.4 Å². The molecule has 8 nitrogen and oxygen atoms in total. The van der Waals surface area contributed by atoms with Crippen LogP contribution in [-0.2, 0) is 4.79 Å². The quantitative estimate of drug-likeness (QED) is 0.368. The van der Waals surface area contributed by atoms with Crippen LogP contribution in [0.4, 0.5) is 0 Å². The molecule has 0 fully saturated rings. The number of hydrogen-bond donors (Lipinski definition) is 1. The molecule has 1 atom stereocenters. The summed E-state index contributed by atoms with van der Waals surface area (Å²) in [6, 6.07) is 8.65. The van der Waals surface area contributed by atoms with Gasteiger partial charge in [-0.2, -0.15) is 9.78 Å². The van der Waals surface area contributed by atoms with Crippen molar-refractivity contribution >= 4 is 54.9 Å². The molecular formula is C23H23Br2N3O5. The van der Waals surface area contributed by atoms with Crippen molar-refractivity contribution in [2.24, 2.45) is 5.10 Å². The number of benzene rings is 2. The second kappa shape index (κ2) is 10.5. The molecule has 0 spiro atoms. The number of carboxylic acids is 1. The van der Waals surface area contributed by atoms with Crippen LogP contribution in [0.3, 0.4) is 0 Å². The molecule has 0 amide bonds.